The highest BCUT2D eigenvalue weighted by molar-refractivity contribution is 7.09. The summed E-state index contributed by atoms with van der Waals surface area (Å²) in [4.78, 5) is 12.6. The molecular weight excluding hydrogens is 361 g/mol. The molecule has 0 N–H and O–H groups in total. The van der Waals surface area contributed by atoms with Crippen LogP contribution in [0.4, 0.5) is 0 Å². The van der Waals surface area contributed by atoms with Crippen molar-refractivity contribution in [2.75, 3.05) is 20.3 Å². The zero-order valence-corrected chi connectivity index (χ0v) is 18.3. The number of carbonyl (C=O) groups excluding carboxylic acids is 1. The SMILES string of the molecule is CC.CCOC(=O)C1CCCc2c1c1c(OC)ccc(C)c1n2CCOP. The van der Waals surface area contributed by atoms with E-state index in [1.807, 2.05) is 26.8 Å². The highest BCUT2D eigenvalue weighted by Gasteiger charge is 2.34. The van der Waals surface area contributed by atoms with E-state index in [1.165, 1.54) is 11.3 Å². The third-order valence-electron chi connectivity index (χ3n) is 5.00. The maximum absolute atomic E-state index is 12.6. The van der Waals surface area contributed by atoms with Gasteiger partial charge in [-0.2, -0.15) is 0 Å². The lowest BCUT2D eigenvalue weighted by Gasteiger charge is -2.23. The summed E-state index contributed by atoms with van der Waals surface area (Å²) in [5.41, 5.74) is 4.62. The van der Waals surface area contributed by atoms with Crippen LogP contribution in [0.25, 0.3) is 10.9 Å². The summed E-state index contributed by atoms with van der Waals surface area (Å²) in [7, 11) is 3.99. The molecular formula is C21H32NO4P. The van der Waals surface area contributed by atoms with Crippen molar-refractivity contribution in [3.8, 4) is 5.75 Å². The Balaban J connectivity index is 0.00000126. The normalized spacial score (nSPS) is 15.7. The van der Waals surface area contributed by atoms with Gasteiger partial charge in [0.1, 0.15) is 5.75 Å². The third-order valence-corrected chi connectivity index (χ3v) is 5.23. The topological polar surface area (TPSA) is 49.7 Å². The summed E-state index contributed by atoms with van der Waals surface area (Å²) in [6.07, 6.45) is 2.76. The molecule has 0 fully saturated rings. The fourth-order valence-electron chi connectivity index (χ4n) is 4.01. The number of hydrogen-bond donors (Lipinski definition) is 0. The first-order valence-electron chi connectivity index (χ1n) is 9.80. The maximum atomic E-state index is 12.6. The van der Waals surface area contributed by atoms with Gasteiger partial charge in [-0.3, -0.25) is 4.79 Å². The molecule has 3 rings (SSSR count). The number of fused-ring (bicyclic) bond motifs is 3. The van der Waals surface area contributed by atoms with Gasteiger partial charge in [0.15, 0.2) is 0 Å². The van der Waals surface area contributed by atoms with Crippen LogP contribution in [0.5, 0.6) is 5.75 Å². The van der Waals surface area contributed by atoms with Gasteiger partial charge >= 0.3 is 5.97 Å². The van der Waals surface area contributed by atoms with Gasteiger partial charge in [0.05, 0.1) is 31.8 Å². The van der Waals surface area contributed by atoms with Gasteiger partial charge in [0.2, 0.25) is 0 Å². The fourth-order valence-corrected chi connectivity index (χ4v) is 4.12. The van der Waals surface area contributed by atoms with Crippen LogP contribution in [0, 0.1) is 6.92 Å². The predicted molar refractivity (Wildman–Crippen MR) is 113 cm³/mol. The molecule has 0 spiro atoms. The molecule has 0 saturated carbocycles. The van der Waals surface area contributed by atoms with Gasteiger partial charge in [0.25, 0.3) is 0 Å². The van der Waals surface area contributed by atoms with Crippen molar-refractivity contribution in [3.63, 3.8) is 0 Å². The van der Waals surface area contributed by atoms with Crippen molar-refractivity contribution in [2.45, 2.75) is 59.4 Å². The largest absolute Gasteiger partial charge is 0.496 e. The van der Waals surface area contributed by atoms with Gasteiger partial charge in [-0.05, 0) is 50.3 Å². The lowest BCUT2D eigenvalue weighted by Crippen LogP contribution is -2.22. The standard InChI is InChI=1S/C19H26NO4P.C2H6/c1-4-23-19(21)13-6-5-7-14-16(13)17-15(22-3)9-8-12(2)18(17)20(14)10-11-24-25;1-2/h8-9,13H,4-7,10-11,25H2,1-3H3;1-2H3. The molecule has 1 aliphatic carbocycles. The van der Waals surface area contributed by atoms with E-state index in [2.05, 4.69) is 27.0 Å². The number of carbonyl (C=O) groups is 1. The molecule has 5 nitrogen and oxygen atoms in total. The van der Waals surface area contributed by atoms with Gasteiger partial charge in [-0.1, -0.05) is 19.9 Å². The molecule has 1 aromatic carbocycles. The summed E-state index contributed by atoms with van der Waals surface area (Å²) in [6, 6.07) is 4.06. The molecule has 1 aliphatic rings. The Kier molecular flexibility index (Phi) is 8.12. The average molecular weight is 393 g/mol. The van der Waals surface area contributed by atoms with Crippen molar-refractivity contribution in [1.82, 2.24) is 4.57 Å². The first-order valence-corrected chi connectivity index (χ1v) is 10.3. The number of aryl methyl sites for hydroxylation is 1. The maximum Gasteiger partial charge on any atom is 0.313 e. The summed E-state index contributed by atoms with van der Waals surface area (Å²) in [5, 5.41) is 1.05. The van der Waals surface area contributed by atoms with Crippen molar-refractivity contribution >= 4 is 26.3 Å². The zero-order chi connectivity index (χ0) is 20.0. The smallest absolute Gasteiger partial charge is 0.313 e. The quantitative estimate of drug-likeness (QED) is 0.524. The molecule has 6 heteroatoms. The van der Waals surface area contributed by atoms with Crippen molar-refractivity contribution in [1.29, 1.82) is 0 Å². The first kappa shape index (κ1) is 21.7. The third kappa shape index (κ3) is 4.14. The Morgan fingerprint density at radius 3 is 2.70 bits per heavy atom. The molecule has 0 amide bonds. The summed E-state index contributed by atoms with van der Waals surface area (Å²) in [5.74, 6) is 0.465. The Morgan fingerprint density at radius 2 is 2.07 bits per heavy atom. The minimum absolute atomic E-state index is 0.131. The highest BCUT2D eigenvalue weighted by atomic mass is 31.0. The first-order chi connectivity index (χ1) is 13.1. The number of aromatic nitrogens is 1. The zero-order valence-electron chi connectivity index (χ0n) is 17.1. The van der Waals surface area contributed by atoms with Gasteiger partial charge in [-0.15, -0.1) is 0 Å². The summed E-state index contributed by atoms with van der Waals surface area (Å²) >= 11 is 0. The summed E-state index contributed by atoms with van der Waals surface area (Å²) < 4.78 is 18.6. The monoisotopic (exact) mass is 393 g/mol. The van der Waals surface area contributed by atoms with E-state index in [-0.39, 0.29) is 11.9 Å². The van der Waals surface area contributed by atoms with Crippen LogP contribution in [0.1, 0.15) is 56.4 Å². The number of hydrogen-bond acceptors (Lipinski definition) is 4. The molecule has 0 saturated heterocycles. The number of nitrogens with zero attached hydrogens (tertiary/aromatic N) is 1. The minimum atomic E-state index is -0.222. The molecule has 150 valence electrons. The van der Waals surface area contributed by atoms with Crippen LogP contribution in [0.15, 0.2) is 12.1 Å². The van der Waals surface area contributed by atoms with E-state index in [1.54, 1.807) is 7.11 Å². The van der Waals surface area contributed by atoms with Crippen LogP contribution < -0.4 is 4.74 Å². The van der Waals surface area contributed by atoms with Crippen LogP contribution in [-0.4, -0.2) is 30.9 Å². The second-order valence-electron chi connectivity index (χ2n) is 6.39. The van der Waals surface area contributed by atoms with E-state index in [0.29, 0.717) is 13.2 Å². The molecule has 2 unspecified atom stereocenters. The van der Waals surface area contributed by atoms with Crippen LogP contribution in [0.2, 0.25) is 0 Å². The number of methoxy groups -OCH3 is 1. The molecule has 27 heavy (non-hydrogen) atoms. The molecule has 0 aliphatic heterocycles. The van der Waals surface area contributed by atoms with E-state index in [4.69, 9.17) is 14.0 Å². The second kappa shape index (κ2) is 10.1. The fraction of sp³-hybridized carbons (Fsp3) is 0.571. The summed E-state index contributed by atoms with van der Waals surface area (Å²) in [6.45, 7) is 9.71. The van der Waals surface area contributed by atoms with Crippen LogP contribution >= 0.6 is 9.47 Å². The number of esters is 1. The predicted octanol–water partition coefficient (Wildman–Crippen LogP) is 4.77. The van der Waals surface area contributed by atoms with Crippen molar-refractivity contribution in [3.05, 3.63) is 29.0 Å². The lowest BCUT2D eigenvalue weighted by atomic mass is 9.84. The Labute approximate surface area is 164 Å². The molecule has 2 aromatic rings. The van der Waals surface area contributed by atoms with Gasteiger partial charge in [0, 0.05) is 27.1 Å². The van der Waals surface area contributed by atoms with E-state index in [0.717, 1.165) is 48.0 Å². The molecule has 2 atom stereocenters. The Hall–Kier alpha value is -1.58. The second-order valence-corrected chi connectivity index (χ2v) is 6.72. The lowest BCUT2D eigenvalue weighted by molar-refractivity contribution is -0.145. The van der Waals surface area contributed by atoms with Gasteiger partial charge < -0.3 is 18.6 Å². The Bertz CT molecular complexity index is 784. The highest BCUT2D eigenvalue weighted by Crippen LogP contribution is 2.44. The van der Waals surface area contributed by atoms with E-state index < -0.39 is 0 Å². The molecule has 0 bridgehead atoms. The van der Waals surface area contributed by atoms with Crippen LogP contribution in [0.3, 0.4) is 0 Å². The number of ether oxygens (including phenoxy) is 2. The van der Waals surface area contributed by atoms with E-state index in [9.17, 15) is 4.79 Å². The average Bonchev–Trinajstić information content (AvgIpc) is 3.04. The minimum Gasteiger partial charge on any atom is -0.496 e. The molecule has 0 radical (unpaired) electrons. The molecule has 1 heterocycles. The van der Waals surface area contributed by atoms with Gasteiger partial charge in [-0.25, -0.2) is 0 Å². The number of benzene rings is 1. The van der Waals surface area contributed by atoms with Crippen LogP contribution in [-0.2, 0) is 27.0 Å². The Morgan fingerprint density at radius 1 is 1.33 bits per heavy atom. The van der Waals surface area contributed by atoms with Crippen molar-refractivity contribution < 1.29 is 18.8 Å². The van der Waals surface area contributed by atoms with E-state index >= 15 is 0 Å². The molecule has 1 aromatic heterocycles. The van der Waals surface area contributed by atoms with Crippen molar-refractivity contribution in [2.24, 2.45) is 0 Å². The number of rotatable bonds is 6.